The molecule has 0 bridgehead atoms. The summed E-state index contributed by atoms with van der Waals surface area (Å²) in [5, 5.41) is 20.9. The number of carboxylic acids is 1. The lowest BCUT2D eigenvalue weighted by molar-refractivity contribution is -0.163. The van der Waals surface area contributed by atoms with Gasteiger partial charge < -0.3 is 21.3 Å². The third kappa shape index (κ3) is 4.07. The average Bonchev–Trinajstić information content (AvgIpc) is 2.68. The maximum absolute atomic E-state index is 12.4. The highest BCUT2D eigenvalue weighted by molar-refractivity contribution is 7.80. The molecule has 1 aliphatic rings. The van der Waals surface area contributed by atoms with E-state index in [2.05, 4.69) is 17.9 Å². The molecule has 1 aromatic rings. The SMILES string of the molecule is C/C=C/C(CS)=C(C(=O)O)N1C(=O)C(NC(=O)[C@H](N)c2ccc(O)cc2)C1=O. The van der Waals surface area contributed by atoms with E-state index in [1.54, 1.807) is 13.0 Å². The van der Waals surface area contributed by atoms with E-state index in [0.717, 1.165) is 0 Å². The molecular weight excluding hydrogens is 386 g/mol. The number of allylic oxidation sites excluding steroid dienone is 2. The zero-order chi connectivity index (χ0) is 21.0. The van der Waals surface area contributed by atoms with E-state index >= 15 is 0 Å². The minimum atomic E-state index is -1.52. The molecule has 0 aliphatic carbocycles. The van der Waals surface area contributed by atoms with Crippen LogP contribution in [0.5, 0.6) is 5.75 Å². The third-order valence-electron chi connectivity index (χ3n) is 4.02. The molecule has 2 rings (SSSR count). The number of imide groups is 1. The largest absolute Gasteiger partial charge is 0.508 e. The summed E-state index contributed by atoms with van der Waals surface area (Å²) in [6, 6.07) is 2.84. The van der Waals surface area contributed by atoms with Crippen LogP contribution in [0, 0.1) is 0 Å². The first kappa shape index (κ1) is 21.2. The Kier molecular flexibility index (Phi) is 6.60. The number of nitrogens with one attached hydrogen (secondary N) is 1. The van der Waals surface area contributed by atoms with Gasteiger partial charge in [-0.05, 0) is 30.2 Å². The van der Waals surface area contributed by atoms with Gasteiger partial charge in [0.1, 0.15) is 17.5 Å². The van der Waals surface area contributed by atoms with Gasteiger partial charge in [0.2, 0.25) is 5.91 Å². The molecule has 1 aliphatic heterocycles. The second kappa shape index (κ2) is 8.72. The fourth-order valence-corrected chi connectivity index (χ4v) is 2.85. The van der Waals surface area contributed by atoms with Crippen LogP contribution in [0.15, 0.2) is 47.7 Å². The second-order valence-electron chi connectivity index (χ2n) is 5.86. The van der Waals surface area contributed by atoms with Crippen LogP contribution < -0.4 is 11.1 Å². The lowest BCUT2D eigenvalue weighted by atomic mass is 10.0. The summed E-state index contributed by atoms with van der Waals surface area (Å²) in [5.74, 6) is -4.03. The summed E-state index contributed by atoms with van der Waals surface area (Å²) in [7, 11) is 0. The van der Waals surface area contributed by atoms with Crippen molar-refractivity contribution in [3.8, 4) is 5.75 Å². The van der Waals surface area contributed by atoms with E-state index in [9.17, 15) is 29.4 Å². The number of carbonyl (C=O) groups is 4. The van der Waals surface area contributed by atoms with Crippen LogP contribution in [0.25, 0.3) is 0 Å². The number of phenols is 1. The molecule has 1 atom stereocenters. The van der Waals surface area contributed by atoms with Crippen LogP contribution in [0.4, 0.5) is 0 Å². The number of rotatable bonds is 7. The Morgan fingerprint density at radius 1 is 1.29 bits per heavy atom. The highest BCUT2D eigenvalue weighted by Crippen LogP contribution is 2.24. The van der Waals surface area contributed by atoms with Gasteiger partial charge in [0, 0.05) is 5.75 Å². The third-order valence-corrected chi connectivity index (χ3v) is 4.37. The zero-order valence-electron chi connectivity index (χ0n) is 14.8. The Morgan fingerprint density at radius 3 is 2.32 bits per heavy atom. The summed E-state index contributed by atoms with van der Waals surface area (Å²) in [6.07, 6.45) is 2.99. The maximum atomic E-state index is 12.4. The van der Waals surface area contributed by atoms with Gasteiger partial charge in [-0.2, -0.15) is 12.6 Å². The van der Waals surface area contributed by atoms with Gasteiger partial charge in [-0.1, -0.05) is 24.3 Å². The number of benzene rings is 1. The number of likely N-dealkylation sites (tertiary alicyclic amines) is 1. The molecular formula is C18H19N3O6S. The Bertz CT molecular complexity index is 862. The molecule has 28 heavy (non-hydrogen) atoms. The van der Waals surface area contributed by atoms with Crippen LogP contribution in [-0.4, -0.2) is 50.6 Å². The molecule has 1 saturated heterocycles. The minimum absolute atomic E-state index is 0.00815. The van der Waals surface area contributed by atoms with Crippen LogP contribution in [0.3, 0.4) is 0 Å². The van der Waals surface area contributed by atoms with Crippen LogP contribution in [-0.2, 0) is 19.2 Å². The molecule has 9 nitrogen and oxygen atoms in total. The van der Waals surface area contributed by atoms with Crippen molar-refractivity contribution in [3.63, 3.8) is 0 Å². The number of thiol groups is 1. The zero-order valence-corrected chi connectivity index (χ0v) is 15.7. The molecule has 1 aromatic carbocycles. The molecule has 3 amide bonds. The highest BCUT2D eigenvalue weighted by Gasteiger charge is 2.51. The molecule has 1 fully saturated rings. The van der Waals surface area contributed by atoms with E-state index in [1.165, 1.54) is 30.3 Å². The minimum Gasteiger partial charge on any atom is -0.508 e. The molecule has 148 valence electrons. The molecule has 1 heterocycles. The number of carbonyl (C=O) groups excluding carboxylic acids is 3. The van der Waals surface area contributed by atoms with E-state index in [0.29, 0.717) is 10.5 Å². The van der Waals surface area contributed by atoms with Gasteiger partial charge in [-0.3, -0.25) is 14.4 Å². The van der Waals surface area contributed by atoms with Gasteiger partial charge in [0.15, 0.2) is 6.04 Å². The topological polar surface area (TPSA) is 150 Å². The summed E-state index contributed by atoms with van der Waals surface area (Å²) in [6.45, 7) is 1.65. The smallest absolute Gasteiger partial charge is 0.353 e. The number of hydrogen-bond donors (Lipinski definition) is 5. The molecule has 0 radical (unpaired) electrons. The van der Waals surface area contributed by atoms with E-state index < -0.39 is 41.5 Å². The first-order chi connectivity index (χ1) is 13.2. The van der Waals surface area contributed by atoms with Crippen molar-refractivity contribution >= 4 is 36.3 Å². The summed E-state index contributed by atoms with van der Waals surface area (Å²) in [5.41, 5.74) is 5.84. The number of carboxylic acid groups (broad SMARTS) is 1. The number of aromatic hydroxyl groups is 1. The molecule has 5 N–H and O–H groups in total. The second-order valence-corrected chi connectivity index (χ2v) is 6.18. The van der Waals surface area contributed by atoms with Crippen molar-refractivity contribution < 1.29 is 29.4 Å². The monoisotopic (exact) mass is 405 g/mol. The molecule has 10 heteroatoms. The first-order valence-corrected chi connectivity index (χ1v) is 8.78. The van der Waals surface area contributed by atoms with Gasteiger partial charge in [0.05, 0.1) is 0 Å². The van der Waals surface area contributed by atoms with Gasteiger partial charge in [-0.25, -0.2) is 9.69 Å². The number of phenolic OH excluding ortho intramolecular Hbond substituents is 1. The Balaban J connectivity index is 2.17. The van der Waals surface area contributed by atoms with Gasteiger partial charge >= 0.3 is 5.97 Å². The highest BCUT2D eigenvalue weighted by atomic mass is 32.1. The maximum Gasteiger partial charge on any atom is 0.353 e. The average molecular weight is 405 g/mol. The van der Waals surface area contributed by atoms with Gasteiger partial charge in [-0.15, -0.1) is 0 Å². The van der Waals surface area contributed by atoms with E-state index in [-0.39, 0.29) is 17.1 Å². The van der Waals surface area contributed by atoms with Crippen LogP contribution >= 0.6 is 12.6 Å². The van der Waals surface area contributed by atoms with Crippen molar-refractivity contribution in [3.05, 3.63) is 53.3 Å². The normalized spacial score (nSPS) is 16.6. The fraction of sp³-hybridized carbons (Fsp3) is 0.222. The van der Waals surface area contributed by atoms with Crippen molar-refractivity contribution in [1.29, 1.82) is 0 Å². The Morgan fingerprint density at radius 2 is 1.86 bits per heavy atom. The number of nitrogens with two attached hydrogens (primary N) is 1. The van der Waals surface area contributed by atoms with Crippen LogP contribution in [0.1, 0.15) is 18.5 Å². The molecule has 0 saturated carbocycles. The lowest BCUT2D eigenvalue weighted by Gasteiger charge is -2.37. The van der Waals surface area contributed by atoms with E-state index in [4.69, 9.17) is 5.73 Å². The summed E-state index contributed by atoms with van der Waals surface area (Å²) in [4.78, 5) is 49.0. The number of amides is 3. The van der Waals surface area contributed by atoms with Crippen molar-refractivity contribution in [2.75, 3.05) is 5.75 Å². The molecule has 0 unspecified atom stereocenters. The number of hydrogen-bond acceptors (Lipinski definition) is 7. The lowest BCUT2D eigenvalue weighted by Crippen LogP contribution is -2.68. The van der Waals surface area contributed by atoms with E-state index in [1.807, 2.05) is 0 Å². The van der Waals surface area contributed by atoms with Crippen molar-refractivity contribution in [1.82, 2.24) is 10.2 Å². The molecule has 0 aromatic heterocycles. The fourth-order valence-electron chi connectivity index (χ4n) is 2.60. The Hall–Kier alpha value is -3.11. The number of nitrogens with zero attached hydrogens (tertiary/aromatic N) is 1. The summed E-state index contributed by atoms with van der Waals surface area (Å²) < 4.78 is 0. The predicted molar refractivity (Wildman–Crippen MR) is 102 cm³/mol. The predicted octanol–water partition coefficient (Wildman–Crippen LogP) is 0.0902. The Labute approximate surface area is 165 Å². The standard InChI is InChI=1S/C18H19N3O6S/c1-2-3-10(8-28)14(18(26)27)21-16(24)13(17(21)25)20-15(23)12(19)9-4-6-11(22)7-5-9/h2-7,12-13,22,28H,8,19H2,1H3,(H,20,23)(H,26,27)/b3-2+,14-10?/t12-/m1/s1. The number of β-lactam (4-membered cyclic amide) rings is 2. The summed E-state index contributed by atoms with van der Waals surface area (Å²) >= 11 is 4.03. The van der Waals surface area contributed by atoms with Crippen molar-refractivity contribution in [2.24, 2.45) is 5.73 Å². The number of aliphatic carboxylic acids is 1. The quantitative estimate of drug-likeness (QED) is 0.142. The van der Waals surface area contributed by atoms with Gasteiger partial charge in [0.25, 0.3) is 11.8 Å². The van der Waals surface area contributed by atoms with Crippen molar-refractivity contribution in [2.45, 2.75) is 19.0 Å². The molecule has 0 spiro atoms. The first-order valence-electron chi connectivity index (χ1n) is 8.15. The van der Waals surface area contributed by atoms with Crippen LogP contribution in [0.2, 0.25) is 0 Å².